The molecule has 0 radical (unpaired) electrons. The van der Waals surface area contributed by atoms with Crippen molar-refractivity contribution in [3.63, 3.8) is 0 Å². The van der Waals surface area contributed by atoms with Crippen molar-refractivity contribution in [2.24, 2.45) is 0 Å². The third-order valence-electron chi connectivity index (χ3n) is 2.95. The van der Waals surface area contributed by atoms with E-state index in [2.05, 4.69) is 10.0 Å². The number of anilines is 2. The second-order valence-electron chi connectivity index (χ2n) is 5.57. The molecule has 0 aliphatic carbocycles. The largest absolute Gasteiger partial charge is 0.489 e. The van der Waals surface area contributed by atoms with Crippen LogP contribution >= 0.6 is 0 Å². The molecule has 0 aromatic heterocycles. The van der Waals surface area contributed by atoms with Gasteiger partial charge in [-0.3, -0.25) is 9.52 Å². The molecule has 2 rings (SSSR count). The van der Waals surface area contributed by atoms with Gasteiger partial charge in [0.05, 0.1) is 18.0 Å². The monoisotopic (exact) mass is 348 g/mol. The summed E-state index contributed by atoms with van der Waals surface area (Å²) in [7, 11) is -3.34. The number of benzene rings is 2. The minimum absolute atomic E-state index is 0.00981. The van der Waals surface area contributed by atoms with Crippen LogP contribution in [0, 0.1) is 0 Å². The van der Waals surface area contributed by atoms with Gasteiger partial charge in [0.1, 0.15) is 5.75 Å². The van der Waals surface area contributed by atoms with E-state index in [0.717, 1.165) is 6.26 Å². The highest BCUT2D eigenvalue weighted by atomic mass is 32.2. The molecule has 0 fully saturated rings. The van der Waals surface area contributed by atoms with Crippen molar-refractivity contribution in [3.05, 3.63) is 54.1 Å². The van der Waals surface area contributed by atoms with Gasteiger partial charge in [0.15, 0.2) is 0 Å². The zero-order valence-corrected chi connectivity index (χ0v) is 14.6. The topological polar surface area (TPSA) is 84.5 Å². The average molecular weight is 348 g/mol. The van der Waals surface area contributed by atoms with Crippen LogP contribution in [-0.4, -0.2) is 26.7 Å². The van der Waals surface area contributed by atoms with Crippen LogP contribution in [0.1, 0.15) is 24.2 Å². The predicted octanol–water partition coefficient (Wildman–Crippen LogP) is 3.10. The fourth-order valence-corrected chi connectivity index (χ4v) is 2.59. The highest BCUT2D eigenvalue weighted by Crippen LogP contribution is 2.25. The van der Waals surface area contributed by atoms with Gasteiger partial charge >= 0.3 is 0 Å². The molecule has 0 bridgehead atoms. The van der Waals surface area contributed by atoms with E-state index in [1.54, 1.807) is 24.3 Å². The van der Waals surface area contributed by atoms with E-state index in [0.29, 0.717) is 22.7 Å². The molecule has 0 aliphatic rings. The first-order valence-corrected chi connectivity index (χ1v) is 9.28. The van der Waals surface area contributed by atoms with Gasteiger partial charge in [-0.05, 0) is 50.2 Å². The van der Waals surface area contributed by atoms with Gasteiger partial charge in [-0.1, -0.05) is 12.1 Å². The molecule has 0 spiro atoms. The number of rotatable bonds is 6. The molecule has 128 valence electrons. The zero-order valence-electron chi connectivity index (χ0n) is 13.7. The van der Waals surface area contributed by atoms with E-state index in [1.807, 2.05) is 26.0 Å². The lowest BCUT2D eigenvalue weighted by Crippen LogP contribution is -2.15. The highest BCUT2D eigenvalue weighted by Gasteiger charge is 2.11. The second-order valence-corrected chi connectivity index (χ2v) is 7.32. The Labute approximate surface area is 141 Å². The molecule has 2 N–H and O–H groups in total. The Morgan fingerprint density at radius 3 is 2.25 bits per heavy atom. The summed E-state index contributed by atoms with van der Waals surface area (Å²) in [6.45, 7) is 3.82. The number of hydrogen-bond acceptors (Lipinski definition) is 4. The number of hydrogen-bond donors (Lipinski definition) is 2. The molecule has 0 aliphatic heterocycles. The van der Waals surface area contributed by atoms with Crippen LogP contribution in [0.4, 0.5) is 11.4 Å². The smallest absolute Gasteiger partial charge is 0.255 e. The average Bonchev–Trinajstić information content (AvgIpc) is 2.48. The molecule has 6 nitrogen and oxygen atoms in total. The van der Waals surface area contributed by atoms with Crippen molar-refractivity contribution >= 4 is 27.3 Å². The molecule has 1 amide bonds. The lowest BCUT2D eigenvalue weighted by Gasteiger charge is -2.15. The maximum Gasteiger partial charge on any atom is 0.255 e. The molecular formula is C17H20N2O4S. The summed E-state index contributed by atoms with van der Waals surface area (Å²) >= 11 is 0. The van der Waals surface area contributed by atoms with Crippen molar-refractivity contribution in [2.45, 2.75) is 20.0 Å². The van der Waals surface area contributed by atoms with Gasteiger partial charge in [-0.2, -0.15) is 0 Å². The summed E-state index contributed by atoms with van der Waals surface area (Å²) in [4.78, 5) is 12.3. The van der Waals surface area contributed by atoms with Crippen molar-refractivity contribution < 1.29 is 17.9 Å². The molecule has 2 aromatic carbocycles. The fourth-order valence-electron chi connectivity index (χ4n) is 2.02. The quantitative estimate of drug-likeness (QED) is 0.840. The normalized spacial score (nSPS) is 11.2. The zero-order chi connectivity index (χ0) is 17.7. The van der Waals surface area contributed by atoms with Crippen molar-refractivity contribution in [3.8, 4) is 5.75 Å². The number of carbonyl (C=O) groups is 1. The van der Waals surface area contributed by atoms with E-state index in [4.69, 9.17) is 4.74 Å². The summed E-state index contributed by atoms with van der Waals surface area (Å²) in [5.41, 5.74) is 1.39. The van der Waals surface area contributed by atoms with Gasteiger partial charge in [0.2, 0.25) is 10.0 Å². The number of amides is 1. The molecule has 0 saturated carbocycles. The van der Waals surface area contributed by atoms with E-state index >= 15 is 0 Å². The third-order valence-corrected chi connectivity index (χ3v) is 3.55. The van der Waals surface area contributed by atoms with Crippen LogP contribution in [0.3, 0.4) is 0 Å². The molecule has 0 saturated heterocycles. The Morgan fingerprint density at radius 1 is 1.04 bits per heavy atom. The Hall–Kier alpha value is -2.54. The summed E-state index contributed by atoms with van der Waals surface area (Å²) in [5.74, 6) is 0.289. The molecule has 0 heterocycles. The van der Waals surface area contributed by atoms with E-state index in [-0.39, 0.29) is 12.0 Å². The Morgan fingerprint density at radius 2 is 1.67 bits per heavy atom. The van der Waals surface area contributed by atoms with Crippen molar-refractivity contribution in [1.29, 1.82) is 0 Å². The lowest BCUT2D eigenvalue weighted by molar-refractivity contribution is 0.102. The van der Waals surface area contributed by atoms with Crippen molar-refractivity contribution in [2.75, 3.05) is 16.3 Å². The van der Waals surface area contributed by atoms with E-state index < -0.39 is 10.0 Å². The van der Waals surface area contributed by atoms with Crippen LogP contribution in [0.2, 0.25) is 0 Å². The lowest BCUT2D eigenvalue weighted by atomic mass is 10.2. The van der Waals surface area contributed by atoms with Crippen LogP contribution < -0.4 is 14.8 Å². The number of para-hydroxylation sites is 2. The third kappa shape index (κ3) is 5.27. The maximum absolute atomic E-state index is 12.3. The summed E-state index contributed by atoms with van der Waals surface area (Å²) in [5, 5.41) is 2.80. The standard InChI is InChI=1S/C17H20N2O4S/c1-12(2)23-16-7-5-4-6-15(16)18-17(20)13-8-10-14(11-9-13)19-24(3,21)22/h4-12,19H,1-3H3,(H,18,20). The summed E-state index contributed by atoms with van der Waals surface area (Å²) in [6, 6.07) is 13.4. The Bertz CT molecular complexity index is 815. The highest BCUT2D eigenvalue weighted by molar-refractivity contribution is 7.92. The number of ether oxygens (including phenoxy) is 1. The molecule has 0 atom stereocenters. The van der Waals surface area contributed by atoms with Gasteiger partial charge < -0.3 is 10.1 Å². The van der Waals surface area contributed by atoms with Gasteiger partial charge in [0, 0.05) is 11.3 Å². The Kier molecular flexibility index (Phi) is 5.46. The SMILES string of the molecule is CC(C)Oc1ccccc1NC(=O)c1ccc(NS(C)(=O)=O)cc1. The number of carbonyl (C=O) groups excluding carboxylic acids is 1. The van der Waals surface area contributed by atoms with Crippen molar-refractivity contribution in [1.82, 2.24) is 0 Å². The fraction of sp³-hybridized carbons (Fsp3) is 0.235. The second kappa shape index (κ2) is 7.35. The number of nitrogens with one attached hydrogen (secondary N) is 2. The maximum atomic E-state index is 12.3. The van der Waals surface area contributed by atoms with Gasteiger partial charge in [0.25, 0.3) is 5.91 Å². The minimum Gasteiger partial charge on any atom is -0.489 e. The molecule has 0 unspecified atom stereocenters. The van der Waals surface area contributed by atoms with Crippen LogP contribution in [0.25, 0.3) is 0 Å². The molecule has 2 aromatic rings. The summed E-state index contributed by atoms with van der Waals surface area (Å²) in [6.07, 6.45) is 1.06. The predicted molar refractivity (Wildman–Crippen MR) is 95.1 cm³/mol. The van der Waals surface area contributed by atoms with Gasteiger partial charge in [-0.25, -0.2) is 8.42 Å². The minimum atomic E-state index is -3.34. The first-order chi connectivity index (χ1) is 11.2. The first-order valence-electron chi connectivity index (χ1n) is 7.39. The van der Waals surface area contributed by atoms with E-state index in [1.165, 1.54) is 12.1 Å². The van der Waals surface area contributed by atoms with Crippen LogP contribution in [-0.2, 0) is 10.0 Å². The molecule has 24 heavy (non-hydrogen) atoms. The first kappa shape index (κ1) is 17.8. The molecule has 7 heteroatoms. The number of sulfonamides is 1. The Balaban J connectivity index is 2.13. The van der Waals surface area contributed by atoms with Crippen LogP contribution in [0.15, 0.2) is 48.5 Å². The van der Waals surface area contributed by atoms with Crippen LogP contribution in [0.5, 0.6) is 5.75 Å². The summed E-state index contributed by atoms with van der Waals surface area (Å²) < 4.78 is 30.4. The molecular weight excluding hydrogens is 328 g/mol. The van der Waals surface area contributed by atoms with Gasteiger partial charge in [-0.15, -0.1) is 0 Å². The van der Waals surface area contributed by atoms with E-state index in [9.17, 15) is 13.2 Å².